The van der Waals surface area contributed by atoms with Crippen molar-refractivity contribution in [2.75, 3.05) is 26.3 Å². The number of pyridine rings is 1. The molecule has 2 aliphatic heterocycles. The summed E-state index contributed by atoms with van der Waals surface area (Å²) in [6.07, 6.45) is 2.40. The second kappa shape index (κ2) is 10.3. The number of imide groups is 1. The number of aryl methyl sites for hydroxylation is 1. The number of hydrogen-bond donors (Lipinski definition) is 1. The number of ether oxygens (including phenoxy) is 1. The number of carbonyl (C=O) groups excluding carboxylic acids is 2. The van der Waals surface area contributed by atoms with Crippen molar-refractivity contribution in [2.45, 2.75) is 43.0 Å². The third-order valence-electron chi connectivity index (χ3n) is 6.36. The van der Waals surface area contributed by atoms with Crippen LogP contribution in [0.5, 0.6) is 0 Å². The average molecular weight is 494 g/mol. The molecule has 2 saturated heterocycles. The number of piperidine rings is 1. The van der Waals surface area contributed by atoms with E-state index in [-0.39, 0.29) is 24.3 Å². The van der Waals surface area contributed by atoms with E-state index < -0.39 is 11.9 Å². The monoisotopic (exact) mass is 493 g/mol. The predicted octanol–water partition coefficient (Wildman–Crippen LogP) is 2.20. The van der Waals surface area contributed by atoms with Crippen LogP contribution in [0.4, 0.5) is 0 Å². The third-order valence-corrected chi connectivity index (χ3v) is 7.45. The van der Waals surface area contributed by atoms with Crippen LogP contribution in [-0.4, -0.2) is 57.6 Å². The molecule has 1 unspecified atom stereocenters. The molecule has 2 fully saturated rings. The quantitative estimate of drug-likeness (QED) is 0.412. The molecule has 0 radical (unpaired) electrons. The van der Waals surface area contributed by atoms with Gasteiger partial charge in [-0.25, -0.2) is 4.98 Å². The Bertz CT molecular complexity index is 1320. The number of hydrogen-bond acceptors (Lipinski definition) is 8. The number of benzene rings is 1. The Morgan fingerprint density at radius 1 is 1.14 bits per heavy atom. The number of fused-ring (bicyclic) bond motifs is 1. The molecule has 0 saturated carbocycles. The van der Waals surface area contributed by atoms with Gasteiger partial charge in [0.15, 0.2) is 0 Å². The van der Waals surface area contributed by atoms with E-state index in [0.29, 0.717) is 22.5 Å². The van der Waals surface area contributed by atoms with E-state index in [1.54, 1.807) is 13.0 Å². The Morgan fingerprint density at radius 3 is 2.71 bits per heavy atom. The largest absolute Gasteiger partial charge is 0.379 e. The Kier molecular flexibility index (Phi) is 6.94. The first-order chi connectivity index (χ1) is 17.0. The molecule has 2 amide bonds. The average Bonchev–Trinajstić information content (AvgIpc) is 2.85. The van der Waals surface area contributed by atoms with Gasteiger partial charge in [0, 0.05) is 42.9 Å². The van der Waals surface area contributed by atoms with E-state index in [1.807, 2.05) is 24.4 Å². The normalized spacial score (nSPS) is 19.2. The van der Waals surface area contributed by atoms with E-state index in [9.17, 15) is 14.4 Å². The fraction of sp³-hybridized carbons (Fsp3) is 0.400. The summed E-state index contributed by atoms with van der Waals surface area (Å²) in [4.78, 5) is 50.0. The summed E-state index contributed by atoms with van der Waals surface area (Å²) in [5.74, 6) is 0.282. The fourth-order valence-corrected chi connectivity index (χ4v) is 5.53. The minimum atomic E-state index is -0.740. The molecule has 2 aliphatic rings. The van der Waals surface area contributed by atoms with Crippen molar-refractivity contribution in [3.05, 3.63) is 64.0 Å². The zero-order valence-corrected chi connectivity index (χ0v) is 20.3. The highest BCUT2D eigenvalue weighted by molar-refractivity contribution is 7.98. The Labute approximate surface area is 206 Å². The topological polar surface area (TPSA) is 106 Å². The van der Waals surface area contributed by atoms with E-state index in [2.05, 4.69) is 26.3 Å². The number of thioether (sulfide) groups is 1. The molecular formula is C25H27N5O4S. The van der Waals surface area contributed by atoms with Crippen molar-refractivity contribution < 1.29 is 14.3 Å². The Morgan fingerprint density at radius 2 is 1.97 bits per heavy atom. The summed E-state index contributed by atoms with van der Waals surface area (Å²) in [6.45, 7) is 5.98. The summed E-state index contributed by atoms with van der Waals surface area (Å²) in [6, 6.07) is 8.97. The lowest BCUT2D eigenvalue weighted by Crippen LogP contribution is -2.45. The van der Waals surface area contributed by atoms with Crippen molar-refractivity contribution in [1.29, 1.82) is 0 Å². The molecule has 0 aliphatic carbocycles. The van der Waals surface area contributed by atoms with Gasteiger partial charge in [0.2, 0.25) is 11.8 Å². The molecule has 0 spiro atoms. The minimum absolute atomic E-state index is 0.198. The Balaban J connectivity index is 1.36. The van der Waals surface area contributed by atoms with Gasteiger partial charge in [-0.1, -0.05) is 12.1 Å². The first-order valence-corrected chi connectivity index (χ1v) is 12.7. The summed E-state index contributed by atoms with van der Waals surface area (Å²) < 4.78 is 6.83. The predicted molar refractivity (Wildman–Crippen MR) is 132 cm³/mol. The maximum Gasteiger partial charge on any atom is 0.263 e. The van der Waals surface area contributed by atoms with Gasteiger partial charge in [-0.3, -0.25) is 34.2 Å². The molecule has 10 heteroatoms. The molecule has 1 aromatic carbocycles. The van der Waals surface area contributed by atoms with Crippen LogP contribution in [0.2, 0.25) is 0 Å². The van der Waals surface area contributed by atoms with Crippen molar-refractivity contribution in [3.63, 3.8) is 0 Å². The van der Waals surface area contributed by atoms with Crippen molar-refractivity contribution >= 4 is 34.5 Å². The second-order valence-corrected chi connectivity index (χ2v) is 9.80. The fourth-order valence-electron chi connectivity index (χ4n) is 4.54. The molecule has 1 atom stereocenters. The molecule has 35 heavy (non-hydrogen) atoms. The lowest BCUT2D eigenvalue weighted by molar-refractivity contribution is -0.135. The van der Waals surface area contributed by atoms with Crippen LogP contribution in [-0.2, 0) is 26.6 Å². The van der Waals surface area contributed by atoms with Crippen LogP contribution in [0, 0.1) is 6.92 Å². The number of morpholine rings is 1. The van der Waals surface area contributed by atoms with E-state index in [0.717, 1.165) is 49.0 Å². The van der Waals surface area contributed by atoms with Gasteiger partial charge in [-0.05, 0) is 37.1 Å². The summed E-state index contributed by atoms with van der Waals surface area (Å²) in [5, 5.41) is 2.82. The summed E-state index contributed by atoms with van der Waals surface area (Å²) in [5.41, 5.74) is 2.41. The SMILES string of the molecule is Cc1nc2cccc(SCc3ccc(CN4CCOCC4)cn3)c2c(=O)n1C1CCC(=O)NC1=O. The third kappa shape index (κ3) is 5.14. The van der Waals surface area contributed by atoms with Gasteiger partial charge in [0.1, 0.15) is 11.9 Å². The van der Waals surface area contributed by atoms with Crippen molar-refractivity contribution in [2.24, 2.45) is 0 Å². The standard InChI is InChI=1S/C25H27N5O4S/c1-16-27-19-3-2-4-21(23(19)25(33)30(16)20-7-8-22(31)28-24(20)32)35-15-18-6-5-17(13-26-18)14-29-9-11-34-12-10-29/h2-6,13,20H,7-12,14-15H2,1H3,(H,28,31,32). The highest BCUT2D eigenvalue weighted by Crippen LogP contribution is 2.29. The van der Waals surface area contributed by atoms with Crippen LogP contribution >= 0.6 is 11.8 Å². The van der Waals surface area contributed by atoms with Crippen LogP contribution in [0.3, 0.4) is 0 Å². The molecule has 4 heterocycles. The molecular weight excluding hydrogens is 466 g/mol. The van der Waals surface area contributed by atoms with Crippen LogP contribution in [0.15, 0.2) is 46.2 Å². The van der Waals surface area contributed by atoms with Gasteiger partial charge in [-0.15, -0.1) is 11.8 Å². The summed E-state index contributed by atoms with van der Waals surface area (Å²) >= 11 is 1.52. The van der Waals surface area contributed by atoms with Crippen LogP contribution in [0.1, 0.15) is 36.0 Å². The van der Waals surface area contributed by atoms with Gasteiger partial charge >= 0.3 is 0 Å². The highest BCUT2D eigenvalue weighted by atomic mass is 32.2. The van der Waals surface area contributed by atoms with Gasteiger partial charge in [0.05, 0.1) is 29.8 Å². The lowest BCUT2D eigenvalue weighted by atomic mass is 10.1. The van der Waals surface area contributed by atoms with Gasteiger partial charge < -0.3 is 4.74 Å². The maximum absolute atomic E-state index is 13.6. The van der Waals surface area contributed by atoms with E-state index >= 15 is 0 Å². The number of amides is 2. The van der Waals surface area contributed by atoms with E-state index in [4.69, 9.17) is 4.74 Å². The van der Waals surface area contributed by atoms with Crippen LogP contribution < -0.4 is 10.9 Å². The first-order valence-electron chi connectivity index (χ1n) is 11.7. The zero-order valence-electron chi connectivity index (χ0n) is 19.5. The van der Waals surface area contributed by atoms with Gasteiger partial charge in [0.25, 0.3) is 5.56 Å². The van der Waals surface area contributed by atoms with Crippen LogP contribution in [0.25, 0.3) is 10.9 Å². The lowest BCUT2D eigenvalue weighted by Gasteiger charge is -2.26. The smallest absolute Gasteiger partial charge is 0.263 e. The highest BCUT2D eigenvalue weighted by Gasteiger charge is 2.30. The second-order valence-electron chi connectivity index (χ2n) is 8.79. The molecule has 3 aromatic rings. The number of rotatable bonds is 6. The van der Waals surface area contributed by atoms with Crippen molar-refractivity contribution in [1.82, 2.24) is 24.8 Å². The number of carbonyl (C=O) groups is 2. The molecule has 5 rings (SSSR count). The number of nitrogens with one attached hydrogen (secondary N) is 1. The summed E-state index contributed by atoms with van der Waals surface area (Å²) in [7, 11) is 0. The zero-order chi connectivity index (χ0) is 24.4. The molecule has 0 bridgehead atoms. The van der Waals surface area contributed by atoms with E-state index in [1.165, 1.54) is 16.3 Å². The maximum atomic E-state index is 13.6. The molecule has 9 nitrogen and oxygen atoms in total. The molecule has 1 N–H and O–H groups in total. The minimum Gasteiger partial charge on any atom is -0.379 e. The first kappa shape index (κ1) is 23.7. The molecule has 182 valence electrons. The van der Waals surface area contributed by atoms with Crippen molar-refractivity contribution in [3.8, 4) is 0 Å². The van der Waals surface area contributed by atoms with Gasteiger partial charge in [-0.2, -0.15) is 0 Å². The number of aromatic nitrogens is 3. The molecule has 2 aromatic heterocycles. The number of nitrogens with zero attached hydrogens (tertiary/aromatic N) is 4. The Hall–Kier alpha value is -3.08.